The summed E-state index contributed by atoms with van der Waals surface area (Å²) in [5.41, 5.74) is 2.59. The Hall–Kier alpha value is -3.00. The molecule has 4 rings (SSSR count). The lowest BCUT2D eigenvalue weighted by Gasteiger charge is -2.24. The highest BCUT2D eigenvalue weighted by molar-refractivity contribution is 5.93. The Balaban J connectivity index is 1.51. The Labute approximate surface area is 143 Å². The Morgan fingerprint density at radius 1 is 1.40 bits per heavy atom. The number of nitrogens with zero attached hydrogens (tertiary/aromatic N) is 4. The summed E-state index contributed by atoms with van der Waals surface area (Å²) < 4.78 is 10.7. The first-order chi connectivity index (χ1) is 12.2. The van der Waals surface area contributed by atoms with Crippen LogP contribution in [-0.2, 0) is 24.3 Å². The molecule has 0 fully saturated rings. The molecule has 0 unspecified atom stereocenters. The minimum atomic E-state index is -0.114. The molecular weight excluding hydrogens is 322 g/mol. The molecule has 1 aliphatic rings. The highest BCUT2D eigenvalue weighted by Crippen LogP contribution is 2.22. The van der Waals surface area contributed by atoms with Gasteiger partial charge in [0, 0.05) is 26.3 Å². The molecule has 3 aromatic rings. The molecule has 0 radical (unpaired) electrons. The summed E-state index contributed by atoms with van der Waals surface area (Å²) in [5, 5.41) is 7.00. The van der Waals surface area contributed by atoms with Crippen LogP contribution in [0.15, 0.2) is 34.9 Å². The first-order valence-corrected chi connectivity index (χ1v) is 7.97. The van der Waals surface area contributed by atoms with Crippen LogP contribution in [-0.4, -0.2) is 44.6 Å². The van der Waals surface area contributed by atoms with E-state index < -0.39 is 0 Å². The quantitative estimate of drug-likeness (QED) is 0.778. The number of hydrogen-bond acceptors (Lipinski definition) is 6. The highest BCUT2D eigenvalue weighted by Gasteiger charge is 2.27. The molecule has 8 nitrogen and oxygen atoms in total. The number of fused-ring (bicyclic) bond motifs is 1. The second kappa shape index (κ2) is 6.48. The van der Waals surface area contributed by atoms with Crippen molar-refractivity contribution >= 4 is 5.91 Å². The minimum Gasteiger partial charge on any atom is -0.443 e. The number of carbonyl (C=O) groups is 1. The summed E-state index contributed by atoms with van der Waals surface area (Å²) in [7, 11) is 1.59. The van der Waals surface area contributed by atoms with Gasteiger partial charge in [0.1, 0.15) is 29.4 Å². The first kappa shape index (κ1) is 15.5. The number of ether oxygens (including phenoxy) is 1. The van der Waals surface area contributed by atoms with Gasteiger partial charge in [-0.3, -0.25) is 14.9 Å². The number of methoxy groups -OCH3 is 1. The van der Waals surface area contributed by atoms with Crippen LogP contribution in [0.1, 0.15) is 27.8 Å². The van der Waals surface area contributed by atoms with Crippen LogP contribution in [0.4, 0.5) is 0 Å². The molecule has 1 N–H and O–H groups in total. The first-order valence-electron chi connectivity index (χ1n) is 7.97. The van der Waals surface area contributed by atoms with Crippen LogP contribution >= 0.6 is 0 Å². The van der Waals surface area contributed by atoms with Crippen molar-refractivity contribution in [3.05, 3.63) is 53.5 Å². The van der Waals surface area contributed by atoms with Crippen molar-refractivity contribution in [2.24, 2.45) is 0 Å². The van der Waals surface area contributed by atoms with E-state index in [9.17, 15) is 4.79 Å². The van der Waals surface area contributed by atoms with Crippen molar-refractivity contribution < 1.29 is 13.9 Å². The van der Waals surface area contributed by atoms with Crippen molar-refractivity contribution in [2.75, 3.05) is 13.7 Å². The van der Waals surface area contributed by atoms with Crippen LogP contribution in [0.2, 0.25) is 0 Å². The van der Waals surface area contributed by atoms with Gasteiger partial charge in [0.05, 0.1) is 12.2 Å². The van der Waals surface area contributed by atoms with Gasteiger partial charge in [-0.05, 0) is 18.2 Å². The third kappa shape index (κ3) is 3.03. The van der Waals surface area contributed by atoms with Crippen LogP contribution in [0.3, 0.4) is 0 Å². The van der Waals surface area contributed by atoms with Crippen molar-refractivity contribution in [1.82, 2.24) is 25.1 Å². The molecule has 0 atom stereocenters. The molecule has 3 aromatic heterocycles. The third-order valence-corrected chi connectivity index (χ3v) is 4.06. The molecule has 1 aliphatic heterocycles. The summed E-state index contributed by atoms with van der Waals surface area (Å²) in [6.07, 6.45) is 2.33. The molecular formula is C17H17N5O3. The van der Waals surface area contributed by atoms with Gasteiger partial charge in [-0.2, -0.15) is 5.10 Å². The van der Waals surface area contributed by atoms with Crippen molar-refractivity contribution in [3.63, 3.8) is 0 Å². The summed E-state index contributed by atoms with van der Waals surface area (Å²) in [6, 6.07) is 7.29. The standard InChI is InChI=1S/C17H17N5O3/c1-24-10-16-19-14-9-22(7-5-15(14)25-16)17(23)13-8-12(20-21-13)11-4-2-3-6-18-11/h2-4,6,8H,5,7,9-10H2,1H3,(H,20,21). The van der Waals surface area contributed by atoms with Crippen LogP contribution < -0.4 is 0 Å². The Morgan fingerprint density at radius 3 is 3.12 bits per heavy atom. The van der Waals surface area contributed by atoms with Gasteiger partial charge in [-0.15, -0.1) is 0 Å². The number of amides is 1. The Bertz CT molecular complexity index is 887. The molecule has 0 bridgehead atoms. The van der Waals surface area contributed by atoms with Gasteiger partial charge in [0.2, 0.25) is 5.89 Å². The Morgan fingerprint density at radius 2 is 2.32 bits per heavy atom. The van der Waals surface area contributed by atoms with E-state index in [2.05, 4.69) is 20.2 Å². The van der Waals surface area contributed by atoms with Gasteiger partial charge in [-0.25, -0.2) is 4.98 Å². The topological polar surface area (TPSA) is 97.1 Å². The maximum atomic E-state index is 12.7. The zero-order valence-corrected chi connectivity index (χ0v) is 13.7. The molecule has 8 heteroatoms. The molecule has 0 aromatic carbocycles. The highest BCUT2D eigenvalue weighted by atomic mass is 16.5. The lowest BCUT2D eigenvalue weighted by atomic mass is 10.1. The zero-order valence-electron chi connectivity index (χ0n) is 13.7. The minimum absolute atomic E-state index is 0.114. The zero-order chi connectivity index (χ0) is 17.2. The fraction of sp³-hybridized carbons (Fsp3) is 0.294. The number of nitrogens with one attached hydrogen (secondary N) is 1. The van der Waals surface area contributed by atoms with E-state index in [1.807, 2.05) is 18.2 Å². The summed E-state index contributed by atoms with van der Waals surface area (Å²) in [6.45, 7) is 1.32. The number of H-pyrrole nitrogens is 1. The Kier molecular flexibility index (Phi) is 4.02. The number of hydrogen-bond donors (Lipinski definition) is 1. The molecule has 0 spiro atoms. The second-order valence-electron chi connectivity index (χ2n) is 5.77. The summed E-state index contributed by atoms with van der Waals surface area (Å²) in [4.78, 5) is 23.1. The van der Waals surface area contributed by atoms with Crippen LogP contribution in [0, 0.1) is 0 Å². The van der Waals surface area contributed by atoms with E-state index in [0.29, 0.717) is 43.4 Å². The number of carbonyl (C=O) groups excluding carboxylic acids is 1. The number of aromatic amines is 1. The molecule has 0 saturated carbocycles. The fourth-order valence-corrected chi connectivity index (χ4v) is 2.86. The molecule has 128 valence electrons. The second-order valence-corrected chi connectivity index (χ2v) is 5.77. The van der Waals surface area contributed by atoms with E-state index in [0.717, 1.165) is 17.1 Å². The SMILES string of the molecule is COCc1nc2c(o1)CCN(C(=O)c1cc(-c3ccccn3)n[nH]1)C2. The van der Waals surface area contributed by atoms with Crippen LogP contribution in [0.5, 0.6) is 0 Å². The molecule has 4 heterocycles. The summed E-state index contributed by atoms with van der Waals surface area (Å²) >= 11 is 0. The lowest BCUT2D eigenvalue weighted by molar-refractivity contribution is 0.0721. The molecule has 0 aliphatic carbocycles. The van der Waals surface area contributed by atoms with E-state index >= 15 is 0 Å². The number of aromatic nitrogens is 4. The van der Waals surface area contributed by atoms with Crippen LogP contribution in [0.25, 0.3) is 11.4 Å². The van der Waals surface area contributed by atoms with Gasteiger partial charge in [0.15, 0.2) is 0 Å². The third-order valence-electron chi connectivity index (χ3n) is 4.06. The number of oxazole rings is 1. The fourth-order valence-electron chi connectivity index (χ4n) is 2.86. The average Bonchev–Trinajstić information content (AvgIpc) is 3.28. The maximum Gasteiger partial charge on any atom is 0.272 e. The largest absolute Gasteiger partial charge is 0.443 e. The maximum absolute atomic E-state index is 12.7. The lowest BCUT2D eigenvalue weighted by Crippen LogP contribution is -2.36. The molecule has 0 saturated heterocycles. The van der Waals surface area contributed by atoms with Crippen molar-refractivity contribution in [2.45, 2.75) is 19.6 Å². The van der Waals surface area contributed by atoms with E-state index in [-0.39, 0.29) is 5.91 Å². The number of rotatable bonds is 4. The van der Waals surface area contributed by atoms with E-state index in [1.165, 1.54) is 0 Å². The van der Waals surface area contributed by atoms with Gasteiger partial charge < -0.3 is 14.1 Å². The number of pyridine rings is 1. The van der Waals surface area contributed by atoms with E-state index in [4.69, 9.17) is 9.15 Å². The smallest absolute Gasteiger partial charge is 0.272 e. The van der Waals surface area contributed by atoms with Gasteiger partial charge in [-0.1, -0.05) is 6.07 Å². The summed E-state index contributed by atoms with van der Waals surface area (Å²) in [5.74, 6) is 1.26. The molecule has 1 amide bonds. The molecule has 25 heavy (non-hydrogen) atoms. The monoisotopic (exact) mass is 339 g/mol. The normalized spacial score (nSPS) is 13.7. The average molecular weight is 339 g/mol. The van der Waals surface area contributed by atoms with Gasteiger partial charge >= 0.3 is 0 Å². The van der Waals surface area contributed by atoms with Crippen molar-refractivity contribution in [3.8, 4) is 11.4 Å². The predicted molar refractivity (Wildman–Crippen MR) is 87.5 cm³/mol. The predicted octanol–water partition coefficient (Wildman–Crippen LogP) is 1.80. The van der Waals surface area contributed by atoms with E-state index in [1.54, 1.807) is 24.3 Å². The van der Waals surface area contributed by atoms with Gasteiger partial charge in [0.25, 0.3) is 5.91 Å². The van der Waals surface area contributed by atoms with Crippen molar-refractivity contribution in [1.29, 1.82) is 0 Å².